The summed E-state index contributed by atoms with van der Waals surface area (Å²) in [6.07, 6.45) is 9.12. The lowest BCUT2D eigenvalue weighted by Crippen LogP contribution is -2.55. The molecule has 5 nitrogen and oxygen atoms in total. The molecule has 1 aliphatic heterocycles. The van der Waals surface area contributed by atoms with Crippen LogP contribution in [-0.2, 0) is 11.2 Å². The van der Waals surface area contributed by atoms with Gasteiger partial charge in [-0.25, -0.2) is 0 Å². The number of amides is 1. The summed E-state index contributed by atoms with van der Waals surface area (Å²) in [7, 11) is 1.85. The monoisotopic (exact) mass is 450 g/mol. The fourth-order valence-electron chi connectivity index (χ4n) is 5.16. The van der Waals surface area contributed by atoms with Crippen molar-refractivity contribution >= 4 is 34.8 Å². The van der Waals surface area contributed by atoms with E-state index in [0.29, 0.717) is 22.5 Å². The number of carbonyl (C=O) groups excluding carboxylic acids is 1. The molecule has 1 atom stereocenters. The van der Waals surface area contributed by atoms with E-state index in [-0.39, 0.29) is 11.3 Å². The third-order valence-corrected chi connectivity index (χ3v) is 7.66. The van der Waals surface area contributed by atoms with Crippen LogP contribution in [0.1, 0.15) is 50.5 Å². The van der Waals surface area contributed by atoms with Crippen LogP contribution in [0.3, 0.4) is 0 Å². The second kappa shape index (κ2) is 10.8. The Morgan fingerprint density at radius 1 is 1.23 bits per heavy atom. The normalized spacial score (nSPS) is 20.4. The molecule has 4 N–H and O–H groups in total. The van der Waals surface area contributed by atoms with E-state index in [1.54, 1.807) is 0 Å². The summed E-state index contributed by atoms with van der Waals surface area (Å²) in [6, 6.07) is 7.06. The van der Waals surface area contributed by atoms with E-state index in [1.807, 2.05) is 36.2 Å². The molecule has 166 valence electrons. The van der Waals surface area contributed by atoms with Crippen LogP contribution >= 0.6 is 23.8 Å². The Hall–Kier alpha value is -1.37. The summed E-state index contributed by atoms with van der Waals surface area (Å²) < 4.78 is 0. The van der Waals surface area contributed by atoms with Gasteiger partial charge in [0.05, 0.1) is 6.04 Å². The van der Waals surface area contributed by atoms with Gasteiger partial charge < -0.3 is 21.3 Å². The Morgan fingerprint density at radius 3 is 2.47 bits per heavy atom. The summed E-state index contributed by atoms with van der Waals surface area (Å²) in [5, 5.41) is 7.85. The van der Waals surface area contributed by atoms with Gasteiger partial charge in [-0.2, -0.15) is 0 Å². The summed E-state index contributed by atoms with van der Waals surface area (Å²) in [6.45, 7) is 2.44. The molecule has 2 aliphatic rings. The largest absolute Gasteiger partial charge is 0.366 e. The number of halogens is 1. The smallest absolute Gasteiger partial charge is 0.239 e. The summed E-state index contributed by atoms with van der Waals surface area (Å²) in [5.41, 5.74) is 7.53. The summed E-state index contributed by atoms with van der Waals surface area (Å²) in [4.78, 5) is 15.0. The van der Waals surface area contributed by atoms with Crippen molar-refractivity contribution in [2.24, 2.45) is 17.1 Å². The van der Waals surface area contributed by atoms with Crippen molar-refractivity contribution in [2.75, 3.05) is 26.7 Å². The number of nitrogens with two attached hydrogens (primary N) is 1. The maximum Gasteiger partial charge on any atom is 0.239 e. The first-order valence-corrected chi connectivity index (χ1v) is 12.0. The first-order chi connectivity index (χ1) is 14.4. The number of thiocarbonyl (C=S) groups is 1. The van der Waals surface area contributed by atoms with Crippen LogP contribution in [0.2, 0.25) is 5.02 Å². The topological polar surface area (TPSA) is 70.4 Å². The molecule has 1 amide bonds. The number of rotatable bonds is 6. The van der Waals surface area contributed by atoms with Gasteiger partial charge in [0, 0.05) is 31.7 Å². The zero-order chi connectivity index (χ0) is 21.6. The molecule has 1 heterocycles. The molecular weight excluding hydrogens is 416 g/mol. The first-order valence-electron chi connectivity index (χ1n) is 11.2. The predicted molar refractivity (Wildman–Crippen MR) is 128 cm³/mol. The molecule has 0 radical (unpaired) electrons. The van der Waals surface area contributed by atoms with Crippen molar-refractivity contribution < 1.29 is 4.79 Å². The van der Waals surface area contributed by atoms with Crippen LogP contribution in [0.5, 0.6) is 0 Å². The van der Waals surface area contributed by atoms with E-state index < -0.39 is 6.04 Å². The number of nitrogens with one attached hydrogen (secondary N) is 2. The van der Waals surface area contributed by atoms with Gasteiger partial charge in [-0.05, 0) is 73.4 Å². The molecule has 0 unspecified atom stereocenters. The maximum atomic E-state index is 13.0. The second-order valence-electron chi connectivity index (χ2n) is 8.89. The quantitative estimate of drug-likeness (QED) is 0.578. The van der Waals surface area contributed by atoms with Gasteiger partial charge >= 0.3 is 0 Å². The van der Waals surface area contributed by atoms with Gasteiger partial charge in [0.1, 0.15) is 0 Å². The van der Waals surface area contributed by atoms with Crippen molar-refractivity contribution in [3.63, 3.8) is 0 Å². The van der Waals surface area contributed by atoms with E-state index >= 15 is 0 Å². The van der Waals surface area contributed by atoms with E-state index in [1.165, 1.54) is 32.1 Å². The molecule has 1 saturated heterocycles. The minimum atomic E-state index is -0.511. The van der Waals surface area contributed by atoms with E-state index in [9.17, 15) is 4.79 Å². The van der Waals surface area contributed by atoms with Crippen LogP contribution in [-0.4, -0.2) is 48.6 Å². The number of hydrogen-bond donors (Lipinski definition) is 3. The lowest BCUT2D eigenvalue weighted by molar-refractivity contribution is -0.135. The molecule has 3 rings (SSSR count). The Kier molecular flexibility index (Phi) is 8.37. The predicted octanol–water partition coefficient (Wildman–Crippen LogP) is 3.49. The number of piperidine rings is 1. The van der Waals surface area contributed by atoms with Crippen molar-refractivity contribution in [1.29, 1.82) is 0 Å². The lowest BCUT2D eigenvalue weighted by atomic mass is 9.63. The molecule has 7 heteroatoms. The molecule has 1 aromatic rings. The molecule has 0 aromatic heterocycles. The highest BCUT2D eigenvalue weighted by atomic mass is 35.5. The standard InChI is InChI=1S/C23H35ClN4OS/c1-26-22(30)27-16-23(18-5-3-2-4-6-18)11-13-28(14-12-23)21(29)20(25)15-17-7-9-19(24)10-8-17/h7-10,18,20H,2-6,11-16,25H2,1H3,(H2,26,27,30)/t20-/m1/s1. The minimum absolute atomic E-state index is 0.0564. The van der Waals surface area contributed by atoms with Gasteiger partial charge in [-0.3, -0.25) is 4.79 Å². The summed E-state index contributed by atoms with van der Waals surface area (Å²) >= 11 is 11.3. The minimum Gasteiger partial charge on any atom is -0.366 e. The molecule has 0 bridgehead atoms. The molecule has 2 fully saturated rings. The van der Waals surface area contributed by atoms with Crippen molar-refractivity contribution in [1.82, 2.24) is 15.5 Å². The van der Waals surface area contributed by atoms with Crippen LogP contribution in [0, 0.1) is 11.3 Å². The Balaban J connectivity index is 1.60. The fraction of sp³-hybridized carbons (Fsp3) is 0.652. The number of carbonyl (C=O) groups is 1. The third-order valence-electron chi connectivity index (χ3n) is 7.06. The van der Waals surface area contributed by atoms with Gasteiger partial charge in [-0.1, -0.05) is 43.0 Å². The first kappa shape index (κ1) is 23.3. The Labute approximate surface area is 191 Å². The van der Waals surface area contributed by atoms with Crippen molar-refractivity contribution in [3.05, 3.63) is 34.9 Å². The second-order valence-corrected chi connectivity index (χ2v) is 9.74. The Morgan fingerprint density at radius 2 is 1.87 bits per heavy atom. The van der Waals surface area contributed by atoms with Crippen LogP contribution in [0.4, 0.5) is 0 Å². The summed E-state index contributed by atoms with van der Waals surface area (Å²) in [5.74, 6) is 0.763. The molecule has 30 heavy (non-hydrogen) atoms. The molecule has 1 aromatic carbocycles. The molecule has 1 aliphatic carbocycles. The van der Waals surface area contributed by atoms with Crippen molar-refractivity contribution in [2.45, 2.75) is 57.4 Å². The molecule has 1 saturated carbocycles. The zero-order valence-corrected chi connectivity index (χ0v) is 19.5. The third kappa shape index (κ3) is 5.86. The number of benzene rings is 1. The van der Waals surface area contributed by atoms with Crippen LogP contribution in [0.15, 0.2) is 24.3 Å². The number of nitrogens with zero attached hydrogens (tertiary/aromatic N) is 1. The highest BCUT2D eigenvalue weighted by Crippen LogP contribution is 2.45. The van der Waals surface area contributed by atoms with Crippen LogP contribution in [0.25, 0.3) is 0 Å². The van der Waals surface area contributed by atoms with Gasteiger partial charge in [-0.15, -0.1) is 0 Å². The average molecular weight is 451 g/mol. The number of hydrogen-bond acceptors (Lipinski definition) is 3. The van der Waals surface area contributed by atoms with Crippen LogP contribution < -0.4 is 16.4 Å². The molecule has 0 spiro atoms. The van der Waals surface area contributed by atoms with Crippen molar-refractivity contribution in [3.8, 4) is 0 Å². The average Bonchev–Trinajstić information content (AvgIpc) is 2.79. The van der Waals surface area contributed by atoms with Gasteiger partial charge in [0.15, 0.2) is 5.11 Å². The maximum absolute atomic E-state index is 13.0. The highest BCUT2D eigenvalue weighted by molar-refractivity contribution is 7.80. The fourth-order valence-corrected chi connectivity index (χ4v) is 5.36. The highest BCUT2D eigenvalue weighted by Gasteiger charge is 2.42. The van der Waals surface area contributed by atoms with E-state index in [4.69, 9.17) is 29.6 Å². The van der Waals surface area contributed by atoms with E-state index in [0.717, 1.165) is 38.0 Å². The van der Waals surface area contributed by atoms with Gasteiger partial charge in [0.2, 0.25) is 5.91 Å². The number of likely N-dealkylation sites (tertiary alicyclic amines) is 1. The van der Waals surface area contributed by atoms with Gasteiger partial charge in [0.25, 0.3) is 0 Å². The SMILES string of the molecule is CNC(=S)NCC1(C2CCCCC2)CCN(C(=O)[C@H](N)Cc2ccc(Cl)cc2)CC1. The lowest BCUT2D eigenvalue weighted by Gasteiger charge is -2.48. The zero-order valence-electron chi connectivity index (χ0n) is 18.0. The van der Waals surface area contributed by atoms with E-state index in [2.05, 4.69) is 10.6 Å². The Bertz CT molecular complexity index is 712. The molecular formula is C23H35ClN4OS.